The lowest BCUT2D eigenvalue weighted by Crippen LogP contribution is -2.24. The molecule has 0 saturated carbocycles. The minimum absolute atomic E-state index is 0.218. The molecule has 4 nitrogen and oxygen atoms in total. The Morgan fingerprint density at radius 2 is 1.88 bits per heavy atom. The second-order valence-corrected chi connectivity index (χ2v) is 3.55. The summed E-state index contributed by atoms with van der Waals surface area (Å²) in [7, 11) is 0. The van der Waals surface area contributed by atoms with Crippen LogP contribution in [0.3, 0.4) is 0 Å². The predicted octanol–water partition coefficient (Wildman–Crippen LogP) is 1.73. The van der Waals surface area contributed by atoms with E-state index in [9.17, 15) is 9.59 Å². The molecule has 0 atom stereocenters. The van der Waals surface area contributed by atoms with E-state index in [1.165, 1.54) is 0 Å². The molecule has 0 aliphatic rings. The summed E-state index contributed by atoms with van der Waals surface area (Å²) in [5.41, 5.74) is 0.513. The topological polar surface area (TPSA) is 55.4 Å². The molecule has 16 heavy (non-hydrogen) atoms. The number of ether oxygens (including phenoxy) is 1. The summed E-state index contributed by atoms with van der Waals surface area (Å²) in [6, 6.07) is 8.68. The van der Waals surface area contributed by atoms with Gasteiger partial charge in [-0.25, -0.2) is 0 Å². The zero-order valence-electron chi connectivity index (χ0n) is 9.27. The third-order valence-electron chi connectivity index (χ3n) is 1.87. The SMILES string of the molecule is CC(C)C(=O)O[CH]NC(=O)c1ccccc1. The molecule has 1 amide bonds. The van der Waals surface area contributed by atoms with Crippen molar-refractivity contribution in [1.29, 1.82) is 0 Å². The van der Waals surface area contributed by atoms with Crippen molar-refractivity contribution in [2.45, 2.75) is 13.8 Å². The van der Waals surface area contributed by atoms with Crippen molar-refractivity contribution in [1.82, 2.24) is 5.32 Å². The molecule has 0 saturated heterocycles. The first-order chi connectivity index (χ1) is 7.61. The maximum atomic E-state index is 11.5. The number of rotatable bonds is 4. The van der Waals surface area contributed by atoms with E-state index >= 15 is 0 Å². The number of hydrogen-bond acceptors (Lipinski definition) is 3. The summed E-state index contributed by atoms with van der Waals surface area (Å²) in [5, 5.41) is 2.38. The first kappa shape index (κ1) is 12.2. The Morgan fingerprint density at radius 1 is 1.25 bits per heavy atom. The fourth-order valence-corrected chi connectivity index (χ4v) is 0.950. The van der Waals surface area contributed by atoms with Crippen molar-refractivity contribution in [3.63, 3.8) is 0 Å². The van der Waals surface area contributed by atoms with E-state index in [2.05, 4.69) is 5.32 Å². The Labute approximate surface area is 94.6 Å². The lowest BCUT2D eigenvalue weighted by Gasteiger charge is -2.07. The summed E-state index contributed by atoms with van der Waals surface area (Å²) in [6.07, 6.45) is 0. The van der Waals surface area contributed by atoms with Crippen LogP contribution in [0.5, 0.6) is 0 Å². The summed E-state index contributed by atoms with van der Waals surface area (Å²) in [5.74, 6) is -0.907. The van der Waals surface area contributed by atoms with Crippen LogP contribution in [0.1, 0.15) is 24.2 Å². The van der Waals surface area contributed by atoms with Crippen molar-refractivity contribution < 1.29 is 14.3 Å². The van der Waals surface area contributed by atoms with E-state index in [1.54, 1.807) is 38.1 Å². The van der Waals surface area contributed by atoms with Gasteiger partial charge in [-0.3, -0.25) is 9.59 Å². The standard InChI is InChI=1S/C12H14NO3/c1-9(2)12(15)16-8-13-11(14)10-6-4-3-5-7-10/h3-9H,1-2H3,(H,13,14). The monoisotopic (exact) mass is 220 g/mol. The molecular formula is C12H14NO3. The lowest BCUT2D eigenvalue weighted by molar-refractivity contribution is -0.144. The van der Waals surface area contributed by atoms with Crippen LogP contribution in [-0.4, -0.2) is 11.9 Å². The molecule has 0 spiro atoms. The van der Waals surface area contributed by atoms with Gasteiger partial charge in [0.15, 0.2) is 0 Å². The number of esters is 1. The number of carbonyl (C=O) groups is 2. The van der Waals surface area contributed by atoms with E-state index in [0.29, 0.717) is 5.56 Å². The Bertz CT molecular complexity index is 360. The molecule has 1 rings (SSSR count). The maximum absolute atomic E-state index is 11.5. The van der Waals surface area contributed by atoms with Gasteiger partial charge in [-0.15, -0.1) is 0 Å². The fraction of sp³-hybridized carbons (Fsp3) is 0.250. The van der Waals surface area contributed by atoms with Gasteiger partial charge in [0.25, 0.3) is 5.91 Å². The molecule has 0 heterocycles. The first-order valence-electron chi connectivity index (χ1n) is 4.99. The molecule has 0 aliphatic carbocycles. The average Bonchev–Trinajstić information content (AvgIpc) is 2.29. The van der Waals surface area contributed by atoms with Crippen LogP contribution in [0.25, 0.3) is 0 Å². The summed E-state index contributed by atoms with van der Waals surface area (Å²) in [6.45, 7) is 4.45. The molecule has 4 heteroatoms. The maximum Gasteiger partial charge on any atom is 0.310 e. The minimum Gasteiger partial charge on any atom is -0.435 e. The molecule has 1 N–H and O–H groups in total. The molecule has 0 fully saturated rings. The van der Waals surface area contributed by atoms with Crippen LogP contribution >= 0.6 is 0 Å². The molecule has 0 bridgehead atoms. The number of amides is 1. The van der Waals surface area contributed by atoms with Gasteiger partial charge in [-0.2, -0.15) is 0 Å². The predicted molar refractivity (Wildman–Crippen MR) is 59.1 cm³/mol. The molecule has 0 aromatic heterocycles. The Hall–Kier alpha value is -1.84. The second-order valence-electron chi connectivity index (χ2n) is 3.55. The van der Waals surface area contributed by atoms with Gasteiger partial charge >= 0.3 is 5.97 Å². The highest BCUT2D eigenvalue weighted by Gasteiger charge is 2.09. The van der Waals surface area contributed by atoms with Crippen molar-refractivity contribution in [3.05, 3.63) is 42.6 Å². The van der Waals surface area contributed by atoms with Gasteiger partial charge in [0.05, 0.1) is 5.92 Å². The summed E-state index contributed by atoms with van der Waals surface area (Å²) >= 11 is 0. The molecular weight excluding hydrogens is 206 g/mol. The van der Waals surface area contributed by atoms with E-state index in [0.717, 1.165) is 6.73 Å². The zero-order valence-corrected chi connectivity index (χ0v) is 9.27. The van der Waals surface area contributed by atoms with Crippen molar-refractivity contribution in [3.8, 4) is 0 Å². The molecule has 85 valence electrons. The molecule has 0 aliphatic heterocycles. The van der Waals surface area contributed by atoms with Crippen LogP contribution in [0, 0.1) is 12.6 Å². The third-order valence-corrected chi connectivity index (χ3v) is 1.87. The van der Waals surface area contributed by atoms with Crippen molar-refractivity contribution >= 4 is 11.9 Å². The van der Waals surface area contributed by atoms with Crippen LogP contribution in [0.4, 0.5) is 0 Å². The highest BCUT2D eigenvalue weighted by Crippen LogP contribution is 1.99. The van der Waals surface area contributed by atoms with Crippen LogP contribution in [0.15, 0.2) is 30.3 Å². The van der Waals surface area contributed by atoms with Gasteiger partial charge in [0, 0.05) is 5.56 Å². The van der Waals surface area contributed by atoms with Gasteiger partial charge in [-0.05, 0) is 12.1 Å². The van der Waals surface area contributed by atoms with Gasteiger partial charge in [0.2, 0.25) is 6.73 Å². The van der Waals surface area contributed by atoms with E-state index in [1.807, 2.05) is 6.07 Å². The molecule has 1 aromatic carbocycles. The quantitative estimate of drug-likeness (QED) is 0.786. The van der Waals surface area contributed by atoms with Crippen LogP contribution < -0.4 is 5.32 Å². The van der Waals surface area contributed by atoms with Gasteiger partial charge < -0.3 is 10.1 Å². The summed E-state index contributed by atoms with van der Waals surface area (Å²) < 4.78 is 4.70. The van der Waals surface area contributed by atoms with Crippen LogP contribution in [0.2, 0.25) is 0 Å². The lowest BCUT2D eigenvalue weighted by atomic mass is 10.2. The third kappa shape index (κ3) is 3.73. The highest BCUT2D eigenvalue weighted by atomic mass is 16.5. The first-order valence-corrected chi connectivity index (χ1v) is 4.99. The number of benzene rings is 1. The molecule has 1 aromatic rings. The number of carbonyl (C=O) groups excluding carboxylic acids is 2. The van der Waals surface area contributed by atoms with Crippen molar-refractivity contribution in [2.75, 3.05) is 0 Å². The van der Waals surface area contributed by atoms with E-state index < -0.39 is 0 Å². The van der Waals surface area contributed by atoms with E-state index in [4.69, 9.17) is 4.74 Å². The van der Waals surface area contributed by atoms with Gasteiger partial charge in [0.1, 0.15) is 0 Å². The Kier molecular flexibility index (Phi) is 4.51. The van der Waals surface area contributed by atoms with Gasteiger partial charge in [-0.1, -0.05) is 32.0 Å². The average molecular weight is 220 g/mol. The number of hydrogen-bond donors (Lipinski definition) is 1. The summed E-state index contributed by atoms with van der Waals surface area (Å²) in [4.78, 5) is 22.5. The smallest absolute Gasteiger partial charge is 0.310 e. The van der Waals surface area contributed by atoms with Crippen LogP contribution in [-0.2, 0) is 9.53 Å². The normalized spacial score (nSPS) is 9.94. The molecule has 0 unspecified atom stereocenters. The Balaban J connectivity index is 2.34. The fourth-order valence-electron chi connectivity index (χ4n) is 0.950. The van der Waals surface area contributed by atoms with Crippen molar-refractivity contribution in [2.24, 2.45) is 5.92 Å². The molecule has 1 radical (unpaired) electrons. The van der Waals surface area contributed by atoms with E-state index in [-0.39, 0.29) is 17.8 Å². The minimum atomic E-state index is -0.381. The second kappa shape index (κ2) is 5.90. The number of nitrogens with one attached hydrogen (secondary N) is 1. The Morgan fingerprint density at radius 3 is 2.44 bits per heavy atom. The largest absolute Gasteiger partial charge is 0.435 e. The highest BCUT2D eigenvalue weighted by molar-refractivity contribution is 5.94. The zero-order chi connectivity index (χ0) is 12.0.